The van der Waals surface area contributed by atoms with Crippen molar-refractivity contribution in [3.05, 3.63) is 0 Å². The smallest absolute Gasteiger partial charge is 0.189 e. The van der Waals surface area contributed by atoms with Gasteiger partial charge in [-0.2, -0.15) is 0 Å². The fourth-order valence-corrected chi connectivity index (χ4v) is 1.48. The van der Waals surface area contributed by atoms with E-state index in [0.717, 1.165) is 19.3 Å². The monoisotopic (exact) mass is 178 g/mol. The lowest BCUT2D eigenvalue weighted by molar-refractivity contribution is 0.363. The molecule has 0 radical (unpaired) electrons. The summed E-state index contributed by atoms with van der Waals surface area (Å²) in [5, 5.41) is 0. The summed E-state index contributed by atoms with van der Waals surface area (Å²) >= 11 is 0. The summed E-state index contributed by atoms with van der Waals surface area (Å²) in [5.41, 5.74) is 0.366. The molecule has 2 nitrogen and oxygen atoms in total. The summed E-state index contributed by atoms with van der Waals surface area (Å²) in [6, 6.07) is 0. The minimum Gasteiger partial charge on any atom is -0.346 e. The molecule has 0 saturated heterocycles. The fraction of sp³-hybridized carbons (Fsp3) is 1.00. The number of rotatable bonds is 4. The Bertz CT molecular complexity index is 127. The highest BCUT2D eigenvalue weighted by Crippen LogP contribution is 2.23. The Kier molecular flexibility index (Phi) is 5.03. The average molecular weight is 178 g/mol. The quantitative estimate of drug-likeness (QED) is 0.530. The molecule has 0 aliphatic rings. The van der Waals surface area contributed by atoms with Crippen molar-refractivity contribution in [3.8, 4) is 0 Å². The highest BCUT2D eigenvalue weighted by atomic mass is 31.1. The van der Waals surface area contributed by atoms with E-state index in [4.69, 9.17) is 4.89 Å². The summed E-state index contributed by atoms with van der Waals surface area (Å²) < 4.78 is 10.3. The Morgan fingerprint density at radius 3 is 2.18 bits per heavy atom. The standard InChI is InChI=1S/C8H19O2P/c1-8(2,3)6-4-5-7-11(9)10/h11H,4-7H2,1-3H3,(H,9,10). The van der Waals surface area contributed by atoms with E-state index in [1.54, 1.807) is 0 Å². The summed E-state index contributed by atoms with van der Waals surface area (Å²) in [4.78, 5) is 8.53. The molecule has 0 spiro atoms. The van der Waals surface area contributed by atoms with E-state index >= 15 is 0 Å². The van der Waals surface area contributed by atoms with Gasteiger partial charge in [0, 0.05) is 6.16 Å². The predicted octanol–water partition coefficient (Wildman–Crippen LogP) is 2.67. The van der Waals surface area contributed by atoms with Crippen LogP contribution in [-0.4, -0.2) is 11.1 Å². The summed E-state index contributed by atoms with van der Waals surface area (Å²) in [7, 11) is -2.20. The van der Waals surface area contributed by atoms with Crippen LogP contribution in [0.25, 0.3) is 0 Å². The molecule has 0 fully saturated rings. The molecule has 0 aliphatic heterocycles. The summed E-state index contributed by atoms with van der Waals surface area (Å²) in [6.07, 6.45) is 3.61. The van der Waals surface area contributed by atoms with Crippen molar-refractivity contribution >= 4 is 8.03 Å². The van der Waals surface area contributed by atoms with Gasteiger partial charge in [0.05, 0.1) is 0 Å². The lowest BCUT2D eigenvalue weighted by Crippen LogP contribution is -2.04. The van der Waals surface area contributed by atoms with Crippen LogP contribution < -0.4 is 0 Å². The molecule has 1 N–H and O–H groups in total. The molecule has 0 aromatic heterocycles. The van der Waals surface area contributed by atoms with Crippen molar-refractivity contribution in [3.63, 3.8) is 0 Å². The fourth-order valence-electron chi connectivity index (χ4n) is 0.932. The third-order valence-corrected chi connectivity index (χ3v) is 2.35. The van der Waals surface area contributed by atoms with Gasteiger partial charge in [-0.15, -0.1) is 0 Å². The second kappa shape index (κ2) is 4.95. The van der Waals surface area contributed by atoms with E-state index in [1.807, 2.05) is 0 Å². The highest BCUT2D eigenvalue weighted by molar-refractivity contribution is 7.37. The zero-order valence-corrected chi connectivity index (χ0v) is 8.68. The molecular formula is C8H19O2P. The van der Waals surface area contributed by atoms with Crippen LogP contribution in [0, 0.1) is 5.41 Å². The van der Waals surface area contributed by atoms with Crippen LogP contribution in [0.5, 0.6) is 0 Å². The molecule has 0 rings (SSSR count). The van der Waals surface area contributed by atoms with E-state index in [0.29, 0.717) is 11.6 Å². The molecular weight excluding hydrogens is 159 g/mol. The summed E-state index contributed by atoms with van der Waals surface area (Å²) in [5.74, 6) is 0. The average Bonchev–Trinajstić information content (AvgIpc) is 1.78. The maximum Gasteiger partial charge on any atom is 0.189 e. The van der Waals surface area contributed by atoms with E-state index in [1.165, 1.54) is 0 Å². The SMILES string of the molecule is CC(C)(C)CCCC[PH](=O)O. The Labute approximate surface area is 69.9 Å². The third kappa shape index (κ3) is 10.2. The van der Waals surface area contributed by atoms with Crippen molar-refractivity contribution in [2.24, 2.45) is 5.41 Å². The Morgan fingerprint density at radius 1 is 1.27 bits per heavy atom. The second-order valence-electron chi connectivity index (χ2n) is 4.16. The molecule has 3 heteroatoms. The van der Waals surface area contributed by atoms with Crippen molar-refractivity contribution < 1.29 is 9.46 Å². The van der Waals surface area contributed by atoms with Crippen LogP contribution in [0.3, 0.4) is 0 Å². The van der Waals surface area contributed by atoms with Crippen LogP contribution in [-0.2, 0) is 4.57 Å². The second-order valence-corrected chi connectivity index (χ2v) is 5.45. The van der Waals surface area contributed by atoms with Gasteiger partial charge in [0.25, 0.3) is 0 Å². The lowest BCUT2D eigenvalue weighted by Gasteiger charge is -2.17. The van der Waals surface area contributed by atoms with Gasteiger partial charge in [-0.1, -0.05) is 27.2 Å². The topological polar surface area (TPSA) is 37.3 Å². The zero-order valence-electron chi connectivity index (χ0n) is 7.68. The van der Waals surface area contributed by atoms with Gasteiger partial charge in [-0.3, -0.25) is 4.57 Å². The molecule has 0 aliphatic carbocycles. The number of hydrogen-bond donors (Lipinski definition) is 1. The van der Waals surface area contributed by atoms with Gasteiger partial charge in [0.1, 0.15) is 0 Å². The van der Waals surface area contributed by atoms with Gasteiger partial charge in [-0.05, 0) is 18.3 Å². The Balaban J connectivity index is 3.22. The first-order valence-corrected chi connectivity index (χ1v) is 5.70. The number of unbranched alkanes of at least 4 members (excludes halogenated alkanes) is 1. The molecule has 68 valence electrons. The summed E-state index contributed by atoms with van der Waals surface area (Å²) in [6.45, 7) is 6.57. The molecule has 0 saturated carbocycles. The van der Waals surface area contributed by atoms with E-state index in [2.05, 4.69) is 20.8 Å². The number of hydrogen-bond acceptors (Lipinski definition) is 1. The largest absolute Gasteiger partial charge is 0.346 e. The predicted molar refractivity (Wildman–Crippen MR) is 49.4 cm³/mol. The van der Waals surface area contributed by atoms with Gasteiger partial charge >= 0.3 is 0 Å². The Morgan fingerprint density at radius 2 is 1.82 bits per heavy atom. The van der Waals surface area contributed by atoms with Gasteiger partial charge in [-0.25, -0.2) is 0 Å². The van der Waals surface area contributed by atoms with Crippen LogP contribution in [0.15, 0.2) is 0 Å². The van der Waals surface area contributed by atoms with Gasteiger partial charge in [0.15, 0.2) is 8.03 Å². The third-order valence-electron chi connectivity index (χ3n) is 1.57. The van der Waals surface area contributed by atoms with Gasteiger partial charge in [0.2, 0.25) is 0 Å². The van der Waals surface area contributed by atoms with Crippen molar-refractivity contribution in [2.45, 2.75) is 40.0 Å². The van der Waals surface area contributed by atoms with Crippen LogP contribution in [0.2, 0.25) is 0 Å². The molecule has 0 heterocycles. The highest BCUT2D eigenvalue weighted by Gasteiger charge is 2.08. The lowest BCUT2D eigenvalue weighted by atomic mass is 9.90. The molecule has 0 aromatic carbocycles. The van der Waals surface area contributed by atoms with Crippen LogP contribution in [0.1, 0.15) is 40.0 Å². The van der Waals surface area contributed by atoms with E-state index in [-0.39, 0.29) is 0 Å². The molecule has 1 atom stereocenters. The zero-order chi connectivity index (χ0) is 8.91. The minimum absolute atomic E-state index is 0.366. The van der Waals surface area contributed by atoms with Crippen molar-refractivity contribution in [1.82, 2.24) is 0 Å². The first kappa shape index (κ1) is 11.2. The van der Waals surface area contributed by atoms with Crippen molar-refractivity contribution in [2.75, 3.05) is 6.16 Å². The maximum atomic E-state index is 10.3. The van der Waals surface area contributed by atoms with E-state index < -0.39 is 8.03 Å². The molecule has 11 heavy (non-hydrogen) atoms. The maximum absolute atomic E-state index is 10.3. The normalized spacial score (nSPS) is 14.9. The molecule has 0 amide bonds. The first-order valence-electron chi connectivity index (χ1n) is 4.13. The minimum atomic E-state index is -2.20. The van der Waals surface area contributed by atoms with E-state index in [9.17, 15) is 4.57 Å². The molecule has 1 unspecified atom stereocenters. The Hall–Kier alpha value is 0.190. The van der Waals surface area contributed by atoms with Crippen molar-refractivity contribution in [1.29, 1.82) is 0 Å². The van der Waals surface area contributed by atoms with Crippen LogP contribution >= 0.6 is 8.03 Å². The van der Waals surface area contributed by atoms with Crippen LogP contribution in [0.4, 0.5) is 0 Å². The molecule has 0 aromatic rings. The first-order chi connectivity index (χ1) is 4.92. The van der Waals surface area contributed by atoms with Gasteiger partial charge < -0.3 is 4.89 Å². The molecule has 0 bridgehead atoms.